The number of carbonyl (C=O) groups excluding carboxylic acids is 1. The maximum atomic E-state index is 13.1. The van der Waals surface area contributed by atoms with E-state index in [0.717, 1.165) is 43.6 Å². The van der Waals surface area contributed by atoms with Crippen molar-refractivity contribution in [1.82, 2.24) is 19.7 Å². The number of rotatable bonds is 8. The summed E-state index contributed by atoms with van der Waals surface area (Å²) in [6.07, 6.45) is 12.7. The van der Waals surface area contributed by atoms with Gasteiger partial charge in [0.1, 0.15) is 5.56 Å². The average Bonchev–Trinajstić information content (AvgIpc) is 3.58. The van der Waals surface area contributed by atoms with Crippen LogP contribution in [0.5, 0.6) is 0 Å². The molecule has 3 unspecified atom stereocenters. The molecular formula is C29H40N6O3. The molecule has 2 aliphatic carbocycles. The zero-order valence-electron chi connectivity index (χ0n) is 22.3. The van der Waals surface area contributed by atoms with E-state index in [9.17, 15) is 14.7 Å². The smallest absolute Gasteiger partial charge is 0.339 e. The molecule has 0 radical (unpaired) electrons. The molecule has 3 aliphatic rings. The van der Waals surface area contributed by atoms with Gasteiger partial charge in [-0.1, -0.05) is 31.4 Å². The Labute approximate surface area is 224 Å². The van der Waals surface area contributed by atoms with Crippen molar-refractivity contribution in [3.05, 3.63) is 59.2 Å². The highest BCUT2D eigenvalue weighted by Crippen LogP contribution is 2.51. The fourth-order valence-electron chi connectivity index (χ4n) is 6.44. The minimum absolute atomic E-state index is 0.0276. The molecule has 1 aliphatic heterocycles. The van der Waals surface area contributed by atoms with Crippen LogP contribution in [0, 0.1) is 11.8 Å². The highest BCUT2D eigenvalue weighted by molar-refractivity contribution is 5.89. The van der Waals surface area contributed by atoms with Gasteiger partial charge in [0, 0.05) is 56.2 Å². The molecule has 2 heterocycles. The van der Waals surface area contributed by atoms with E-state index in [1.165, 1.54) is 43.3 Å². The van der Waals surface area contributed by atoms with Crippen LogP contribution in [-0.2, 0) is 4.79 Å². The third-order valence-electron chi connectivity index (χ3n) is 8.51. The summed E-state index contributed by atoms with van der Waals surface area (Å²) in [5, 5.41) is 15.8. The number of nitrogens with zero attached hydrogens (tertiary/aromatic N) is 4. The fraction of sp³-hybridized carbons (Fsp3) is 0.552. The van der Waals surface area contributed by atoms with Crippen LogP contribution >= 0.6 is 0 Å². The van der Waals surface area contributed by atoms with E-state index < -0.39 is 5.97 Å². The minimum Gasteiger partial charge on any atom is -0.478 e. The molecule has 204 valence electrons. The van der Waals surface area contributed by atoms with Crippen molar-refractivity contribution in [3.8, 4) is 5.69 Å². The summed E-state index contributed by atoms with van der Waals surface area (Å²) in [6, 6.07) is 8.18. The topological polar surface area (TPSA) is 131 Å². The molecule has 0 bridgehead atoms. The van der Waals surface area contributed by atoms with Gasteiger partial charge in [0.2, 0.25) is 5.91 Å². The molecule has 2 aromatic rings. The maximum absolute atomic E-state index is 13.1. The van der Waals surface area contributed by atoms with Crippen molar-refractivity contribution in [3.63, 3.8) is 0 Å². The van der Waals surface area contributed by atoms with Gasteiger partial charge in [-0.05, 0) is 55.7 Å². The average molecular weight is 521 g/mol. The SMILES string of the molecule is CN(N)/C=C(\N)C1CC1c1c(C(=O)O)cnn1-c1cccc(C2CCCN(C(=O)CC3CCCCC3)C2)c1. The molecule has 9 nitrogen and oxygen atoms in total. The molecule has 2 saturated carbocycles. The number of nitrogens with two attached hydrogens (primary N) is 2. The molecule has 38 heavy (non-hydrogen) atoms. The predicted octanol–water partition coefficient (Wildman–Crippen LogP) is 3.96. The van der Waals surface area contributed by atoms with Gasteiger partial charge in [0.25, 0.3) is 0 Å². The normalized spacial score (nSPS) is 24.3. The van der Waals surface area contributed by atoms with Crippen LogP contribution in [0.25, 0.3) is 5.69 Å². The van der Waals surface area contributed by atoms with Crippen LogP contribution in [0.1, 0.15) is 91.2 Å². The summed E-state index contributed by atoms with van der Waals surface area (Å²) in [5.74, 6) is 5.82. The molecule has 5 rings (SSSR count). The summed E-state index contributed by atoms with van der Waals surface area (Å²) >= 11 is 0. The lowest BCUT2D eigenvalue weighted by Crippen LogP contribution is -2.40. The van der Waals surface area contributed by atoms with Crippen molar-refractivity contribution in [1.29, 1.82) is 0 Å². The lowest BCUT2D eigenvalue weighted by atomic mass is 9.86. The van der Waals surface area contributed by atoms with Gasteiger partial charge in [-0.25, -0.2) is 15.3 Å². The van der Waals surface area contributed by atoms with Crippen molar-refractivity contribution in [2.75, 3.05) is 20.1 Å². The number of allylic oxidation sites excluding steroid dienone is 1. The lowest BCUT2D eigenvalue weighted by Gasteiger charge is -2.34. The van der Waals surface area contributed by atoms with Gasteiger partial charge in [-0.2, -0.15) is 5.10 Å². The molecule has 1 saturated heterocycles. The molecule has 1 aromatic heterocycles. The fourth-order valence-corrected chi connectivity index (χ4v) is 6.44. The van der Waals surface area contributed by atoms with E-state index in [2.05, 4.69) is 22.1 Å². The number of aromatic carboxylic acids is 1. The molecule has 0 spiro atoms. The Balaban J connectivity index is 1.35. The Morgan fingerprint density at radius 3 is 2.71 bits per heavy atom. The number of carbonyl (C=O) groups is 2. The quantitative estimate of drug-likeness (QED) is 0.355. The van der Waals surface area contributed by atoms with Gasteiger partial charge >= 0.3 is 5.97 Å². The second-order valence-electron chi connectivity index (χ2n) is 11.4. The molecule has 1 aromatic carbocycles. The predicted molar refractivity (Wildman–Crippen MR) is 145 cm³/mol. The highest BCUT2D eigenvalue weighted by Gasteiger charge is 2.45. The first-order valence-electron chi connectivity index (χ1n) is 14.0. The summed E-state index contributed by atoms with van der Waals surface area (Å²) in [7, 11) is 1.71. The van der Waals surface area contributed by atoms with Crippen LogP contribution in [0.15, 0.2) is 42.4 Å². The Morgan fingerprint density at radius 2 is 1.97 bits per heavy atom. The van der Waals surface area contributed by atoms with Gasteiger partial charge in [-0.3, -0.25) is 4.79 Å². The second kappa shape index (κ2) is 11.2. The summed E-state index contributed by atoms with van der Waals surface area (Å²) in [4.78, 5) is 27.2. The first kappa shape index (κ1) is 26.3. The number of hydrogen-bond acceptors (Lipinski definition) is 6. The molecule has 9 heteroatoms. The van der Waals surface area contributed by atoms with Crippen molar-refractivity contribution < 1.29 is 14.7 Å². The minimum atomic E-state index is -0.994. The van der Waals surface area contributed by atoms with Crippen molar-refractivity contribution in [2.24, 2.45) is 23.4 Å². The maximum Gasteiger partial charge on any atom is 0.339 e. The van der Waals surface area contributed by atoms with E-state index in [-0.39, 0.29) is 23.3 Å². The molecule has 3 atom stereocenters. The van der Waals surface area contributed by atoms with Gasteiger partial charge in [0.05, 0.1) is 17.6 Å². The van der Waals surface area contributed by atoms with Crippen LogP contribution in [0.4, 0.5) is 0 Å². The Kier molecular flexibility index (Phi) is 7.74. The third-order valence-corrected chi connectivity index (χ3v) is 8.51. The number of carboxylic acid groups (broad SMARTS) is 1. The van der Waals surface area contributed by atoms with Crippen molar-refractivity contribution >= 4 is 11.9 Å². The highest BCUT2D eigenvalue weighted by atomic mass is 16.4. The van der Waals surface area contributed by atoms with Crippen LogP contribution in [0.3, 0.4) is 0 Å². The van der Waals surface area contributed by atoms with Gasteiger partial charge < -0.3 is 20.7 Å². The number of hydrogen-bond donors (Lipinski definition) is 3. The summed E-state index contributed by atoms with van der Waals surface area (Å²) in [5.41, 5.74) is 9.74. The van der Waals surface area contributed by atoms with E-state index in [1.807, 2.05) is 12.1 Å². The van der Waals surface area contributed by atoms with E-state index in [0.29, 0.717) is 29.6 Å². The number of piperidine rings is 1. The Bertz CT molecular complexity index is 1200. The van der Waals surface area contributed by atoms with Gasteiger partial charge in [-0.15, -0.1) is 0 Å². The molecule has 1 amide bonds. The third kappa shape index (κ3) is 5.72. The van der Waals surface area contributed by atoms with Crippen LogP contribution < -0.4 is 11.6 Å². The lowest BCUT2D eigenvalue weighted by molar-refractivity contribution is -0.133. The van der Waals surface area contributed by atoms with Crippen LogP contribution in [0.2, 0.25) is 0 Å². The number of likely N-dealkylation sites (tertiary alicyclic amines) is 1. The van der Waals surface area contributed by atoms with Crippen LogP contribution in [-0.4, -0.2) is 56.8 Å². The second-order valence-corrected chi connectivity index (χ2v) is 11.4. The molecule has 3 fully saturated rings. The van der Waals surface area contributed by atoms with Gasteiger partial charge in [0.15, 0.2) is 0 Å². The Morgan fingerprint density at radius 1 is 1.18 bits per heavy atom. The molecular weight excluding hydrogens is 480 g/mol. The monoisotopic (exact) mass is 520 g/mol. The first-order chi connectivity index (χ1) is 18.3. The number of aromatic nitrogens is 2. The summed E-state index contributed by atoms with van der Waals surface area (Å²) < 4.78 is 1.76. The molecule has 5 N–H and O–H groups in total. The largest absolute Gasteiger partial charge is 0.478 e. The number of benzene rings is 1. The van der Waals surface area contributed by atoms with E-state index in [4.69, 9.17) is 11.6 Å². The zero-order chi connectivity index (χ0) is 26.8. The number of amides is 1. The summed E-state index contributed by atoms with van der Waals surface area (Å²) in [6.45, 7) is 1.57. The first-order valence-corrected chi connectivity index (χ1v) is 14.0. The number of hydrazine groups is 1. The zero-order valence-corrected chi connectivity index (χ0v) is 22.3. The van der Waals surface area contributed by atoms with Crippen molar-refractivity contribution in [2.45, 2.75) is 69.6 Å². The standard InChI is InChI=1S/C29H40N6O3/c1-33(31)18-26(30)23-15-24(23)28-25(29(37)38)16-32-35(28)22-11-5-9-20(14-22)21-10-6-12-34(17-21)27(36)13-19-7-3-2-4-8-19/h5,9,11,14,16,18-19,21,23-24H,2-4,6-8,10,12-13,15,17,30-31H2,1H3,(H,37,38)/b26-18-. The number of carboxylic acids is 1. The Hall–Kier alpha value is -3.33. The van der Waals surface area contributed by atoms with E-state index >= 15 is 0 Å². The van der Waals surface area contributed by atoms with E-state index in [1.54, 1.807) is 17.9 Å².